The van der Waals surface area contributed by atoms with E-state index in [-0.39, 0.29) is 24.2 Å². The Morgan fingerprint density at radius 2 is 1.83 bits per heavy atom. The van der Waals surface area contributed by atoms with Gasteiger partial charge in [0.2, 0.25) is 10.4 Å². The molecule has 4 rings (SSSR count). The molecule has 0 aromatic heterocycles. The van der Waals surface area contributed by atoms with E-state index in [1.54, 1.807) is 40.7 Å². The van der Waals surface area contributed by atoms with Crippen LogP contribution in [0.25, 0.3) is 0 Å². The number of ketones is 1. The molecule has 0 saturated heterocycles. The third-order valence-electron chi connectivity index (χ3n) is 9.25. The lowest BCUT2D eigenvalue weighted by Crippen LogP contribution is -2.70. The number of hydrogen-bond donors (Lipinski definition) is 1. The number of allylic oxidation sites excluding steroid dienone is 4. The summed E-state index contributed by atoms with van der Waals surface area (Å²) in [6.07, 6.45) is 1.29. The fraction of sp³-hybridized carbons (Fsp3) is 0.731. The molecule has 0 radical (unpaired) electrons. The summed E-state index contributed by atoms with van der Waals surface area (Å²) in [6, 6.07) is 0. The van der Waals surface area contributed by atoms with Crippen LogP contribution in [0.2, 0.25) is 0 Å². The molecular formula is C26H32Cl3FO6. The Morgan fingerprint density at radius 3 is 2.42 bits per heavy atom. The number of rotatable bonds is 4. The normalized spacial score (nSPS) is 45.6. The highest BCUT2D eigenvalue weighted by molar-refractivity contribution is 6.53. The number of aliphatic hydroxyl groups is 1. The van der Waals surface area contributed by atoms with Crippen molar-refractivity contribution in [2.24, 2.45) is 28.6 Å². The molecule has 6 nitrogen and oxygen atoms in total. The molecule has 0 aromatic carbocycles. The molecule has 1 N–H and O–H groups in total. The molecule has 3 fully saturated rings. The van der Waals surface area contributed by atoms with Gasteiger partial charge in [-0.1, -0.05) is 50.0 Å². The fourth-order valence-corrected chi connectivity index (χ4v) is 8.30. The first-order valence-corrected chi connectivity index (χ1v) is 13.5. The Hall–Kier alpha value is -1.15. The van der Waals surface area contributed by atoms with Crippen LogP contribution in [-0.4, -0.2) is 56.5 Å². The molecule has 10 heteroatoms. The number of carbonyl (C=O) groups excluding carboxylic acids is 3. The number of fused-ring (bicyclic) bond motifs is 5. The molecule has 0 amide bonds. The van der Waals surface area contributed by atoms with E-state index in [1.807, 2.05) is 0 Å². The third-order valence-corrected chi connectivity index (χ3v) is 10.5. The molecule has 0 aromatic rings. The predicted octanol–water partition coefficient (Wildman–Crippen LogP) is 4.86. The fourth-order valence-electron chi connectivity index (χ4n) is 7.72. The molecule has 4 aliphatic carbocycles. The Morgan fingerprint density at radius 1 is 1.19 bits per heavy atom. The van der Waals surface area contributed by atoms with E-state index in [2.05, 4.69) is 0 Å². The smallest absolute Gasteiger partial charge is 0.351 e. The summed E-state index contributed by atoms with van der Waals surface area (Å²) in [6.45, 7) is 8.62. The molecule has 0 aliphatic heterocycles. The Bertz CT molecular complexity index is 1040. The van der Waals surface area contributed by atoms with Crippen molar-refractivity contribution in [1.82, 2.24) is 0 Å². The first kappa shape index (κ1) is 27.9. The van der Waals surface area contributed by atoms with Crippen molar-refractivity contribution in [2.75, 3.05) is 0 Å². The summed E-state index contributed by atoms with van der Waals surface area (Å²) < 4.78 is 27.2. The van der Waals surface area contributed by atoms with E-state index in [9.17, 15) is 19.5 Å². The zero-order chi connectivity index (χ0) is 27.0. The van der Waals surface area contributed by atoms with E-state index < -0.39 is 74.2 Å². The molecule has 4 aliphatic rings. The van der Waals surface area contributed by atoms with Gasteiger partial charge in [-0.2, -0.15) is 0 Å². The minimum Gasteiger partial charge on any atom is -0.460 e. The van der Waals surface area contributed by atoms with Crippen LogP contribution in [-0.2, 0) is 23.9 Å². The predicted molar refractivity (Wildman–Crippen MR) is 133 cm³/mol. The minimum atomic E-state index is -1.82. The van der Waals surface area contributed by atoms with Crippen LogP contribution >= 0.6 is 34.8 Å². The lowest BCUT2D eigenvalue weighted by Gasteiger charge is -2.64. The zero-order valence-electron chi connectivity index (χ0n) is 20.9. The SMILES string of the molecule is CC(C)OC(=O)[C@@]1(OC(=O)C(Cl)Cl)[C@H](C)C[C@H]2[C@@H]3C[C@H](F)C4=CC(=O)C=C[C@]4(C)[C@@]3(Cl)[C@@H](O)C[C@@]21C. The van der Waals surface area contributed by atoms with Crippen LogP contribution in [0.15, 0.2) is 23.8 Å². The quantitative estimate of drug-likeness (QED) is 0.387. The van der Waals surface area contributed by atoms with Gasteiger partial charge in [-0.25, -0.2) is 14.0 Å². The highest BCUT2D eigenvalue weighted by atomic mass is 35.5. The standard InChI is InChI=1S/C26H32Cl3FO6/c1-12(2)35-22(34)26(36-21(33)20(27)28)13(3)8-15-16-10-18(30)17-9-14(31)6-7-23(17,4)25(16,29)19(32)11-24(15,26)5/h6-7,9,12-13,15-16,18-20,32H,8,10-11H2,1-5H3/t13-,15+,16+,18+,19+,23+,24+,25+,26+/m1/s1. The lowest BCUT2D eigenvalue weighted by atomic mass is 9.45. The maximum Gasteiger partial charge on any atom is 0.351 e. The van der Waals surface area contributed by atoms with Crippen molar-refractivity contribution in [3.05, 3.63) is 23.8 Å². The molecule has 0 spiro atoms. The van der Waals surface area contributed by atoms with Gasteiger partial charge in [-0.15, -0.1) is 11.6 Å². The number of aliphatic hydroxyl groups excluding tert-OH is 1. The molecule has 200 valence electrons. The number of carbonyl (C=O) groups is 3. The summed E-state index contributed by atoms with van der Waals surface area (Å²) >= 11 is 19.0. The lowest BCUT2D eigenvalue weighted by molar-refractivity contribution is -0.218. The largest absolute Gasteiger partial charge is 0.460 e. The number of hydrogen-bond acceptors (Lipinski definition) is 6. The zero-order valence-corrected chi connectivity index (χ0v) is 23.2. The molecule has 0 unspecified atom stereocenters. The summed E-state index contributed by atoms with van der Waals surface area (Å²) in [5.41, 5.74) is -3.86. The first-order valence-electron chi connectivity index (χ1n) is 12.2. The van der Waals surface area contributed by atoms with Crippen LogP contribution in [0.1, 0.15) is 53.9 Å². The van der Waals surface area contributed by atoms with Crippen LogP contribution in [0.3, 0.4) is 0 Å². The van der Waals surface area contributed by atoms with Crippen molar-refractivity contribution in [2.45, 2.75) is 87.6 Å². The summed E-state index contributed by atoms with van der Waals surface area (Å²) in [7, 11) is 0. The summed E-state index contributed by atoms with van der Waals surface area (Å²) in [5, 5.41) is 11.7. The van der Waals surface area contributed by atoms with Crippen molar-refractivity contribution >= 4 is 52.5 Å². The van der Waals surface area contributed by atoms with Gasteiger partial charge < -0.3 is 14.6 Å². The number of esters is 2. The molecule has 9 atom stereocenters. The molecule has 0 heterocycles. The highest BCUT2D eigenvalue weighted by Crippen LogP contribution is 2.72. The van der Waals surface area contributed by atoms with Gasteiger partial charge >= 0.3 is 11.9 Å². The van der Waals surface area contributed by atoms with E-state index in [0.717, 1.165) is 0 Å². The second-order valence-electron chi connectivity index (χ2n) is 11.4. The molecule has 0 bridgehead atoms. The van der Waals surface area contributed by atoms with Crippen LogP contribution in [0.4, 0.5) is 4.39 Å². The van der Waals surface area contributed by atoms with Gasteiger partial charge in [-0.05, 0) is 62.7 Å². The Kier molecular flexibility index (Phi) is 6.94. The van der Waals surface area contributed by atoms with Crippen molar-refractivity contribution in [3.63, 3.8) is 0 Å². The maximum atomic E-state index is 15.7. The van der Waals surface area contributed by atoms with E-state index in [4.69, 9.17) is 44.3 Å². The maximum absolute atomic E-state index is 15.7. The van der Waals surface area contributed by atoms with Crippen molar-refractivity contribution < 1.29 is 33.4 Å². The monoisotopic (exact) mass is 564 g/mol. The van der Waals surface area contributed by atoms with Gasteiger partial charge in [0.15, 0.2) is 5.78 Å². The summed E-state index contributed by atoms with van der Waals surface area (Å²) in [5.74, 6) is -3.68. The van der Waals surface area contributed by atoms with Crippen LogP contribution in [0, 0.1) is 28.6 Å². The van der Waals surface area contributed by atoms with E-state index in [0.29, 0.717) is 6.42 Å². The van der Waals surface area contributed by atoms with Crippen molar-refractivity contribution in [3.8, 4) is 0 Å². The van der Waals surface area contributed by atoms with E-state index >= 15 is 4.39 Å². The van der Waals surface area contributed by atoms with Gasteiger partial charge in [0.1, 0.15) is 6.17 Å². The molecule has 36 heavy (non-hydrogen) atoms. The second-order valence-corrected chi connectivity index (χ2v) is 13.1. The van der Waals surface area contributed by atoms with Crippen LogP contribution in [0.5, 0.6) is 0 Å². The van der Waals surface area contributed by atoms with E-state index in [1.165, 1.54) is 12.2 Å². The Labute approximate surface area is 225 Å². The summed E-state index contributed by atoms with van der Waals surface area (Å²) in [4.78, 5) is 35.6. The van der Waals surface area contributed by atoms with Gasteiger partial charge in [0, 0.05) is 16.7 Å². The van der Waals surface area contributed by atoms with Gasteiger partial charge in [0.05, 0.1) is 17.1 Å². The average Bonchev–Trinajstić information content (AvgIpc) is 2.98. The highest BCUT2D eigenvalue weighted by Gasteiger charge is 2.78. The first-order chi connectivity index (χ1) is 16.6. The van der Waals surface area contributed by atoms with Gasteiger partial charge in [-0.3, -0.25) is 4.79 Å². The number of halogens is 4. The average molecular weight is 566 g/mol. The van der Waals surface area contributed by atoms with Crippen LogP contribution < -0.4 is 0 Å². The van der Waals surface area contributed by atoms with Gasteiger partial charge in [0.25, 0.3) is 0 Å². The topological polar surface area (TPSA) is 89.9 Å². The van der Waals surface area contributed by atoms with Crippen molar-refractivity contribution in [1.29, 1.82) is 0 Å². The molecular weight excluding hydrogens is 534 g/mol. The third kappa shape index (κ3) is 3.55. The number of alkyl halides is 4. The second kappa shape index (κ2) is 8.96. The number of ether oxygens (including phenoxy) is 2. The Balaban J connectivity index is 1.87. The minimum absolute atomic E-state index is 0.0284. The molecule has 3 saturated carbocycles.